The average Bonchev–Trinajstić information content (AvgIpc) is 3.74. The fraction of sp³-hybridized carbons (Fsp3) is 0.131. The number of para-hydroxylation sites is 2. The Hall–Kier alpha value is -6.51. The predicted octanol–water partition coefficient (Wildman–Crippen LogP) is 20.3. The van der Waals surface area contributed by atoms with Crippen LogP contribution in [0.25, 0.3) is 21.8 Å². The number of rotatable bonds is 1. The van der Waals surface area contributed by atoms with E-state index in [0.717, 1.165) is 49.2 Å². The molecule has 9 aromatic carbocycles. The van der Waals surface area contributed by atoms with Gasteiger partial charge in [0, 0.05) is 37.2 Å². The van der Waals surface area contributed by atoms with Gasteiger partial charge in [0.1, 0.15) is 11.6 Å². The summed E-state index contributed by atoms with van der Waals surface area (Å²) >= 11 is 28.4. The van der Waals surface area contributed by atoms with Crippen LogP contribution in [0.3, 0.4) is 0 Å². The maximum absolute atomic E-state index is 12.3. The van der Waals surface area contributed by atoms with Crippen LogP contribution in [0.15, 0.2) is 206 Å². The molecule has 0 saturated heterocycles. The van der Waals surface area contributed by atoms with E-state index in [2.05, 4.69) is 78.4 Å². The fourth-order valence-electron chi connectivity index (χ4n) is 6.03. The monoisotopic (exact) mass is 1060 g/mol. The summed E-state index contributed by atoms with van der Waals surface area (Å²) in [6.07, 6.45) is 0. The van der Waals surface area contributed by atoms with Gasteiger partial charge >= 0.3 is 0 Å². The topological polar surface area (TPSA) is 71.8 Å². The molecule has 10 rings (SSSR count). The van der Waals surface area contributed by atoms with Gasteiger partial charge < -0.3 is 4.98 Å². The van der Waals surface area contributed by atoms with Crippen LogP contribution in [0.1, 0.15) is 44.8 Å². The number of nitro groups is 1. The van der Waals surface area contributed by atoms with E-state index >= 15 is 0 Å². The van der Waals surface area contributed by atoms with E-state index in [9.17, 15) is 14.5 Å². The molecular formula is C61H59Cl5FN3O2. The lowest BCUT2D eigenvalue weighted by molar-refractivity contribution is -0.384. The van der Waals surface area contributed by atoms with E-state index in [0.29, 0.717) is 20.6 Å². The average molecular weight is 1060 g/mol. The largest absolute Gasteiger partial charge is 0.342 e. The summed E-state index contributed by atoms with van der Waals surface area (Å²) in [5.74, 6) is 0.841. The number of halogens is 6. The molecule has 10 aromatic rings. The predicted molar refractivity (Wildman–Crippen MR) is 308 cm³/mol. The second-order valence-corrected chi connectivity index (χ2v) is 18.4. The van der Waals surface area contributed by atoms with E-state index in [1.165, 1.54) is 34.0 Å². The van der Waals surface area contributed by atoms with Crippen LogP contribution in [0.5, 0.6) is 0 Å². The third-order valence-corrected chi connectivity index (χ3v) is 11.4. The molecule has 0 amide bonds. The first kappa shape index (κ1) is 59.8. The smallest absolute Gasteiger partial charge is 0.269 e. The number of aromatic amines is 1. The highest BCUT2D eigenvalue weighted by atomic mass is 35.5. The second kappa shape index (κ2) is 32.5. The number of hydrogen-bond acceptors (Lipinski definition) is 3. The SMILES string of the molecule is Cc1cc(Cl)cc(Cl)c1.Cc1ccc(Cl)cc1Cl.Cc1ccc2ccccc2c1.Cc1cccc([N+](=O)[O-])c1.Cc1ccccc1.Cc1ccccc1Cl.Cc1ccccc1F.Cc1nc2ccccc2[nH]1. The van der Waals surface area contributed by atoms with Crippen molar-refractivity contribution in [2.75, 3.05) is 0 Å². The van der Waals surface area contributed by atoms with Crippen molar-refractivity contribution in [2.24, 2.45) is 0 Å². The van der Waals surface area contributed by atoms with E-state index in [1.807, 2.05) is 138 Å². The van der Waals surface area contributed by atoms with Crippen molar-refractivity contribution in [3.63, 3.8) is 0 Å². The van der Waals surface area contributed by atoms with Gasteiger partial charge in [-0.3, -0.25) is 10.1 Å². The van der Waals surface area contributed by atoms with Crippen molar-refractivity contribution in [1.82, 2.24) is 9.97 Å². The molecule has 0 fully saturated rings. The minimum atomic E-state index is -0.396. The van der Waals surface area contributed by atoms with Gasteiger partial charge in [-0.05, 0) is 149 Å². The Bertz CT molecular complexity index is 3030. The highest BCUT2D eigenvalue weighted by molar-refractivity contribution is 6.35. The Morgan fingerprint density at radius 3 is 1.46 bits per heavy atom. The molecule has 0 radical (unpaired) electrons. The van der Waals surface area contributed by atoms with Gasteiger partial charge in [0.15, 0.2) is 0 Å². The Morgan fingerprint density at radius 2 is 0.972 bits per heavy atom. The van der Waals surface area contributed by atoms with Gasteiger partial charge in [0.25, 0.3) is 5.69 Å². The molecule has 0 aliphatic carbocycles. The zero-order chi connectivity index (χ0) is 53.0. The molecular weight excluding hydrogens is 1000 g/mol. The number of benzene rings is 9. The molecule has 1 aromatic heterocycles. The lowest BCUT2D eigenvalue weighted by Crippen LogP contribution is -1.86. The molecule has 0 spiro atoms. The summed E-state index contributed by atoms with van der Waals surface area (Å²) in [5.41, 5.74) is 9.84. The van der Waals surface area contributed by atoms with Crippen molar-refractivity contribution in [1.29, 1.82) is 0 Å². The van der Waals surface area contributed by atoms with Gasteiger partial charge in [0.2, 0.25) is 0 Å². The molecule has 11 heteroatoms. The molecule has 0 atom stereocenters. The molecule has 0 aliphatic heterocycles. The number of H-pyrrole nitrogens is 1. The molecule has 1 N–H and O–H groups in total. The third kappa shape index (κ3) is 24.1. The van der Waals surface area contributed by atoms with E-state index in [1.54, 1.807) is 43.3 Å². The van der Waals surface area contributed by atoms with Crippen molar-refractivity contribution in [2.45, 2.75) is 55.4 Å². The summed E-state index contributed by atoms with van der Waals surface area (Å²) in [6, 6.07) is 65.1. The van der Waals surface area contributed by atoms with Crippen LogP contribution < -0.4 is 0 Å². The van der Waals surface area contributed by atoms with Crippen molar-refractivity contribution < 1.29 is 9.31 Å². The quantitative estimate of drug-likeness (QED) is 0.132. The fourth-order valence-corrected chi connectivity index (χ4v) is 7.21. The molecule has 0 unspecified atom stereocenters. The number of nitrogens with zero attached hydrogens (tertiary/aromatic N) is 2. The highest BCUT2D eigenvalue weighted by Gasteiger charge is 2.02. The van der Waals surface area contributed by atoms with Crippen LogP contribution in [-0.2, 0) is 0 Å². The van der Waals surface area contributed by atoms with Crippen LogP contribution in [0.4, 0.5) is 10.1 Å². The number of fused-ring (bicyclic) bond motifs is 2. The lowest BCUT2D eigenvalue weighted by Gasteiger charge is -1.96. The van der Waals surface area contributed by atoms with Crippen LogP contribution in [0, 0.1) is 71.3 Å². The molecule has 0 aliphatic rings. The molecule has 0 bridgehead atoms. The zero-order valence-electron chi connectivity index (χ0n) is 41.6. The Labute approximate surface area is 449 Å². The lowest BCUT2D eigenvalue weighted by atomic mass is 10.1. The van der Waals surface area contributed by atoms with E-state index in [-0.39, 0.29) is 11.5 Å². The third-order valence-electron chi connectivity index (χ3n) is 9.86. The molecule has 0 saturated carbocycles. The summed E-state index contributed by atoms with van der Waals surface area (Å²) < 4.78 is 12.3. The Balaban J connectivity index is 0.000000218. The normalized spacial score (nSPS) is 9.64. The number of nitrogens with one attached hydrogen (secondary N) is 1. The standard InChI is InChI=1S/C11H10.C8H8N2.2C7H6Cl2.C7H7Cl.C7H7F.C7H7NO2.C7H8/c1-9-6-7-10-4-2-3-5-11(10)8-9;1-6-9-7-4-2-3-5-8(7)10-6;1-5-2-6(8)4-7(9)3-5;1-5-2-3-6(8)4-7(5)9;2*1-6-4-2-3-5-7(6)8;1-6-3-2-4-7(5-6)8(9)10;1-7-5-3-2-4-6-7/h2-8H,1H3;2-5H,1H3,(H,9,10);2*2-4H,1H3;2*2-5H,1H3;2-5H,1H3;2-6H,1H3. The van der Waals surface area contributed by atoms with Crippen molar-refractivity contribution in [3.8, 4) is 0 Å². The summed E-state index contributed by atoms with van der Waals surface area (Å²) in [6.45, 7) is 15.6. The van der Waals surface area contributed by atoms with E-state index in [4.69, 9.17) is 58.0 Å². The minimum absolute atomic E-state index is 0.132. The molecule has 5 nitrogen and oxygen atoms in total. The number of aromatic nitrogens is 2. The van der Waals surface area contributed by atoms with Crippen molar-refractivity contribution in [3.05, 3.63) is 292 Å². The molecule has 72 heavy (non-hydrogen) atoms. The first-order chi connectivity index (χ1) is 34.3. The van der Waals surface area contributed by atoms with Crippen LogP contribution in [0.2, 0.25) is 25.1 Å². The maximum atomic E-state index is 12.3. The Kier molecular flexibility index (Phi) is 27.0. The van der Waals surface area contributed by atoms with Crippen LogP contribution in [-0.4, -0.2) is 14.9 Å². The number of non-ortho nitro benzene ring substituents is 1. The number of imidazole rings is 1. The summed E-state index contributed by atoms with van der Waals surface area (Å²) in [5, 5.41) is 16.4. The van der Waals surface area contributed by atoms with E-state index < -0.39 is 4.92 Å². The minimum Gasteiger partial charge on any atom is -0.342 e. The van der Waals surface area contributed by atoms with Gasteiger partial charge in [0.05, 0.1) is 16.0 Å². The van der Waals surface area contributed by atoms with Gasteiger partial charge in [-0.2, -0.15) is 0 Å². The van der Waals surface area contributed by atoms with Gasteiger partial charge in [-0.25, -0.2) is 9.37 Å². The zero-order valence-corrected chi connectivity index (χ0v) is 45.4. The summed E-state index contributed by atoms with van der Waals surface area (Å²) in [7, 11) is 0. The first-order valence-corrected chi connectivity index (χ1v) is 24.6. The Morgan fingerprint density at radius 1 is 0.431 bits per heavy atom. The summed E-state index contributed by atoms with van der Waals surface area (Å²) in [4.78, 5) is 17.2. The second-order valence-electron chi connectivity index (χ2n) is 16.3. The number of hydrogen-bond donors (Lipinski definition) is 1. The highest BCUT2D eigenvalue weighted by Crippen LogP contribution is 2.20. The van der Waals surface area contributed by atoms with Crippen LogP contribution >= 0.6 is 58.0 Å². The number of nitro benzene ring substituents is 1. The van der Waals surface area contributed by atoms with Gasteiger partial charge in [-0.15, -0.1) is 0 Å². The van der Waals surface area contributed by atoms with Gasteiger partial charge in [-0.1, -0.05) is 209 Å². The first-order valence-electron chi connectivity index (χ1n) is 22.7. The molecule has 1 heterocycles. The van der Waals surface area contributed by atoms with Crippen molar-refractivity contribution >= 4 is 85.5 Å². The number of aryl methyl sites for hydroxylation is 8. The maximum Gasteiger partial charge on any atom is 0.269 e. The molecule has 372 valence electrons.